The molecule has 2 N–H and O–H groups in total. The number of carbonyl (C=O) groups excluding carboxylic acids is 1. The predicted octanol–water partition coefficient (Wildman–Crippen LogP) is 4.50. The van der Waals surface area contributed by atoms with Crippen LogP contribution in [0.1, 0.15) is 53.7 Å². The van der Waals surface area contributed by atoms with Crippen LogP contribution in [0.2, 0.25) is 0 Å². The fraction of sp³-hybridized carbons (Fsp3) is 0.324. The second-order valence-electron chi connectivity index (χ2n) is 12.6. The summed E-state index contributed by atoms with van der Waals surface area (Å²) in [5.41, 5.74) is 1.68. The summed E-state index contributed by atoms with van der Waals surface area (Å²) in [4.78, 5) is 23.1. The second kappa shape index (κ2) is 9.55. The van der Waals surface area contributed by atoms with Gasteiger partial charge >= 0.3 is 0 Å². The molecule has 0 radical (unpaired) electrons. The fourth-order valence-corrected chi connectivity index (χ4v) is 6.67. The number of ether oxygens (including phenoxy) is 2. The maximum absolute atomic E-state index is 13.9. The first-order chi connectivity index (χ1) is 21.9. The topological polar surface area (TPSA) is 124 Å². The number of fused-ring (bicyclic) bond motifs is 4. The maximum atomic E-state index is 13.9. The van der Waals surface area contributed by atoms with Crippen LogP contribution < -0.4 is 14.8 Å². The largest absolute Gasteiger partial charge is 0.488 e. The molecule has 3 aliphatic carbocycles. The Bertz CT molecular complexity index is 1980. The molecule has 3 saturated carbocycles. The van der Waals surface area contributed by atoms with Gasteiger partial charge in [0, 0.05) is 34.7 Å². The number of nitrogens with zero attached hydrogens (tertiary/aromatic N) is 5. The number of rotatable bonds is 9. The Balaban J connectivity index is 1.09. The molecule has 4 heterocycles. The number of hydrogen-bond acceptors (Lipinski definition) is 8. The predicted molar refractivity (Wildman–Crippen MR) is 160 cm³/mol. The number of aliphatic hydroxyl groups is 1. The summed E-state index contributed by atoms with van der Waals surface area (Å²) < 4.78 is 28.4. The van der Waals surface area contributed by atoms with Crippen molar-refractivity contribution in [1.82, 2.24) is 30.0 Å². The van der Waals surface area contributed by atoms with E-state index in [0.29, 0.717) is 39.5 Å². The Morgan fingerprint density at radius 1 is 1.11 bits per heavy atom. The summed E-state index contributed by atoms with van der Waals surface area (Å²) in [5.74, 6) is 0.406. The Morgan fingerprint density at radius 2 is 1.91 bits per heavy atom. The van der Waals surface area contributed by atoms with Gasteiger partial charge in [0.2, 0.25) is 0 Å². The second-order valence-corrected chi connectivity index (χ2v) is 12.6. The minimum Gasteiger partial charge on any atom is -0.488 e. The number of amides is 1. The third-order valence-corrected chi connectivity index (χ3v) is 9.53. The SMILES string of the molecule is O=C(NCC(O)(c1cc2c(c(-c3ccc(F)cc3)n1)OC1C[C@@]21n1cnnc1)C1CC1)c1cc(OC2CC2)c2ncccc2c1. The Morgan fingerprint density at radius 3 is 2.67 bits per heavy atom. The van der Waals surface area contributed by atoms with Gasteiger partial charge in [0.25, 0.3) is 5.91 Å². The lowest BCUT2D eigenvalue weighted by molar-refractivity contribution is 0.00945. The van der Waals surface area contributed by atoms with E-state index in [1.54, 1.807) is 43.1 Å². The average molecular weight is 605 g/mol. The molecule has 3 fully saturated rings. The zero-order chi connectivity index (χ0) is 30.3. The van der Waals surface area contributed by atoms with Crippen molar-refractivity contribution in [3.05, 3.63) is 96.1 Å². The number of nitrogens with one attached hydrogen (secondary N) is 1. The molecule has 226 valence electrons. The van der Waals surface area contributed by atoms with E-state index in [1.165, 1.54) is 12.1 Å². The summed E-state index contributed by atoms with van der Waals surface area (Å²) in [6.07, 6.45) is 9.35. The highest BCUT2D eigenvalue weighted by Gasteiger charge is 2.66. The monoisotopic (exact) mass is 604 g/mol. The van der Waals surface area contributed by atoms with Crippen LogP contribution in [0.25, 0.3) is 22.2 Å². The Labute approximate surface area is 257 Å². The summed E-state index contributed by atoms with van der Waals surface area (Å²) >= 11 is 0. The molecule has 1 amide bonds. The zero-order valence-electron chi connectivity index (χ0n) is 24.2. The molecule has 5 aromatic rings. The van der Waals surface area contributed by atoms with E-state index < -0.39 is 11.1 Å². The lowest BCUT2D eigenvalue weighted by atomic mass is 9.89. The normalized spacial score (nSPS) is 22.7. The average Bonchev–Trinajstić information content (AvgIpc) is 4.02. The molecule has 0 bridgehead atoms. The fourth-order valence-electron chi connectivity index (χ4n) is 6.67. The van der Waals surface area contributed by atoms with E-state index in [1.807, 2.05) is 22.8 Å². The van der Waals surface area contributed by atoms with Gasteiger partial charge in [-0.3, -0.25) is 9.78 Å². The van der Waals surface area contributed by atoms with E-state index in [4.69, 9.17) is 14.5 Å². The van der Waals surface area contributed by atoms with Crippen LogP contribution in [0.15, 0.2) is 73.4 Å². The Hall–Kier alpha value is -4.90. The first-order valence-electron chi connectivity index (χ1n) is 15.3. The van der Waals surface area contributed by atoms with E-state index in [9.17, 15) is 14.3 Å². The van der Waals surface area contributed by atoms with Gasteiger partial charge in [-0.25, -0.2) is 9.37 Å². The van der Waals surface area contributed by atoms with E-state index >= 15 is 0 Å². The van der Waals surface area contributed by atoms with Gasteiger partial charge in [0.15, 0.2) is 5.75 Å². The van der Waals surface area contributed by atoms with Crippen LogP contribution in [0.5, 0.6) is 11.5 Å². The van der Waals surface area contributed by atoms with Crippen molar-refractivity contribution in [2.24, 2.45) is 5.92 Å². The standard InChI is InChI=1S/C34H29FN6O4/c35-23-7-3-19(4-8-23)30-31-25(33(15-28(33)45-31)41-17-38-39-18-41)14-27(40-30)34(43,22-5-6-22)16-37-32(42)21-12-20-2-1-11-36-29(20)26(13-21)44-24-9-10-24/h1-4,7-8,11-14,17-18,22,24,28,43H,5-6,9-10,15-16H2,(H,37,42)/t28?,33-,34?/m1/s1. The summed E-state index contributed by atoms with van der Waals surface area (Å²) in [7, 11) is 0. The van der Waals surface area contributed by atoms with Crippen molar-refractivity contribution in [3.63, 3.8) is 0 Å². The molecule has 1 aliphatic heterocycles. The third kappa shape index (κ3) is 4.28. The smallest absolute Gasteiger partial charge is 0.251 e. The zero-order valence-corrected chi connectivity index (χ0v) is 24.2. The van der Waals surface area contributed by atoms with Gasteiger partial charge in [0.1, 0.15) is 52.7 Å². The number of aromatic nitrogens is 5. The van der Waals surface area contributed by atoms with Gasteiger partial charge in [-0.1, -0.05) is 6.07 Å². The lowest BCUT2D eigenvalue weighted by Gasteiger charge is -2.30. The van der Waals surface area contributed by atoms with E-state index in [2.05, 4.69) is 20.5 Å². The van der Waals surface area contributed by atoms with Gasteiger partial charge < -0.3 is 24.5 Å². The van der Waals surface area contributed by atoms with E-state index in [0.717, 1.165) is 43.1 Å². The molecular weight excluding hydrogens is 575 g/mol. The molecule has 9 rings (SSSR count). The van der Waals surface area contributed by atoms with Gasteiger partial charge in [-0.15, -0.1) is 10.2 Å². The highest BCUT2D eigenvalue weighted by atomic mass is 19.1. The summed E-state index contributed by atoms with van der Waals surface area (Å²) in [6.45, 7) is -0.0427. The van der Waals surface area contributed by atoms with Crippen molar-refractivity contribution in [3.8, 4) is 22.8 Å². The van der Waals surface area contributed by atoms with Crippen LogP contribution in [0.3, 0.4) is 0 Å². The van der Waals surface area contributed by atoms with Crippen molar-refractivity contribution < 1.29 is 23.8 Å². The minimum absolute atomic E-state index is 0.0427. The molecule has 3 aromatic heterocycles. The highest BCUT2D eigenvalue weighted by molar-refractivity contribution is 6.00. The van der Waals surface area contributed by atoms with Crippen LogP contribution in [0, 0.1) is 11.7 Å². The van der Waals surface area contributed by atoms with Crippen molar-refractivity contribution in [2.75, 3.05) is 6.54 Å². The van der Waals surface area contributed by atoms with Crippen LogP contribution in [-0.4, -0.2) is 54.5 Å². The maximum Gasteiger partial charge on any atom is 0.251 e. The molecule has 3 atom stereocenters. The molecule has 4 aliphatic rings. The number of hydrogen-bond donors (Lipinski definition) is 2. The highest BCUT2D eigenvalue weighted by Crippen LogP contribution is 2.62. The number of carbonyl (C=O) groups is 1. The van der Waals surface area contributed by atoms with Crippen LogP contribution >= 0.6 is 0 Å². The number of halogens is 1. The molecule has 0 spiro atoms. The number of pyridine rings is 2. The molecule has 2 aromatic carbocycles. The van der Waals surface area contributed by atoms with Crippen LogP contribution in [-0.2, 0) is 11.1 Å². The van der Waals surface area contributed by atoms with Gasteiger partial charge in [-0.05, 0) is 80.1 Å². The van der Waals surface area contributed by atoms with Gasteiger partial charge in [0.05, 0.1) is 18.3 Å². The van der Waals surface area contributed by atoms with Crippen molar-refractivity contribution >= 4 is 16.8 Å². The molecule has 11 heteroatoms. The molecule has 45 heavy (non-hydrogen) atoms. The molecular formula is C34H29FN6O4. The van der Waals surface area contributed by atoms with Crippen LogP contribution in [0.4, 0.5) is 4.39 Å². The summed E-state index contributed by atoms with van der Waals surface area (Å²) in [6, 6.07) is 15.3. The summed E-state index contributed by atoms with van der Waals surface area (Å²) in [5, 5.41) is 24.2. The van der Waals surface area contributed by atoms with Crippen molar-refractivity contribution in [1.29, 1.82) is 0 Å². The Kier molecular flexibility index (Phi) is 5.62. The molecule has 10 nitrogen and oxygen atoms in total. The first-order valence-corrected chi connectivity index (χ1v) is 15.3. The minimum atomic E-state index is -1.45. The van der Waals surface area contributed by atoms with Gasteiger partial charge in [-0.2, -0.15) is 0 Å². The lowest BCUT2D eigenvalue weighted by Crippen LogP contribution is -2.43. The molecule has 0 saturated heterocycles. The van der Waals surface area contributed by atoms with E-state index in [-0.39, 0.29) is 36.4 Å². The number of benzene rings is 2. The quantitative estimate of drug-likeness (QED) is 0.252. The third-order valence-electron chi connectivity index (χ3n) is 9.53. The molecule has 2 unspecified atom stereocenters. The first kappa shape index (κ1) is 26.5. The van der Waals surface area contributed by atoms with Crippen molar-refractivity contribution in [2.45, 2.75) is 55.5 Å².